The Morgan fingerprint density at radius 3 is 0.884 bits per heavy atom. The highest BCUT2D eigenvalue weighted by atomic mass is 31.2. The van der Waals surface area contributed by atoms with Gasteiger partial charge in [-0.3, -0.25) is 37.3 Å². The maximum atomic E-state index is 13.0. The molecule has 0 aromatic rings. The van der Waals surface area contributed by atoms with E-state index in [1.165, 1.54) is 135 Å². The average molecular weight is 1270 g/mol. The molecule has 0 heterocycles. The highest BCUT2D eigenvalue weighted by Gasteiger charge is 2.30. The number of aliphatic hydroxyl groups excluding tert-OH is 1. The molecular weight excluding hydrogens is 1140 g/mol. The number of esters is 4. The van der Waals surface area contributed by atoms with Gasteiger partial charge in [0.1, 0.15) is 19.3 Å². The summed E-state index contributed by atoms with van der Waals surface area (Å²) >= 11 is 0. The predicted octanol–water partition coefficient (Wildman–Crippen LogP) is 18.7. The number of unbranched alkanes of at least 4 members (excludes halogenated alkanes) is 32. The highest BCUT2D eigenvalue weighted by molar-refractivity contribution is 7.47. The molecule has 0 radical (unpaired) electrons. The lowest BCUT2D eigenvalue weighted by molar-refractivity contribution is -0.161. The van der Waals surface area contributed by atoms with Crippen LogP contribution in [0.15, 0.2) is 0 Å². The van der Waals surface area contributed by atoms with Crippen molar-refractivity contribution in [2.75, 3.05) is 39.6 Å². The number of carbonyl (C=O) groups is 4. The van der Waals surface area contributed by atoms with Crippen molar-refractivity contribution in [2.24, 2.45) is 17.8 Å². The molecule has 0 amide bonds. The van der Waals surface area contributed by atoms with Crippen molar-refractivity contribution >= 4 is 39.5 Å². The molecule has 0 aliphatic heterocycles. The van der Waals surface area contributed by atoms with E-state index in [0.29, 0.717) is 25.7 Å². The second kappa shape index (κ2) is 58.2. The van der Waals surface area contributed by atoms with Crippen molar-refractivity contribution in [3.05, 3.63) is 0 Å². The average Bonchev–Trinajstić information content (AvgIpc) is 3.69. The van der Waals surface area contributed by atoms with Gasteiger partial charge in [0, 0.05) is 25.7 Å². The van der Waals surface area contributed by atoms with Crippen LogP contribution in [0.4, 0.5) is 0 Å². The zero-order chi connectivity index (χ0) is 63.8. The Bertz CT molecular complexity index is 1700. The van der Waals surface area contributed by atoms with Gasteiger partial charge in [-0.25, -0.2) is 9.13 Å². The van der Waals surface area contributed by atoms with Gasteiger partial charge >= 0.3 is 39.5 Å². The monoisotopic (exact) mass is 1270 g/mol. The van der Waals surface area contributed by atoms with Crippen molar-refractivity contribution in [1.29, 1.82) is 0 Å². The third-order valence-corrected chi connectivity index (χ3v) is 17.6. The molecule has 19 heteroatoms. The largest absolute Gasteiger partial charge is 0.472 e. The Labute approximate surface area is 524 Å². The topological polar surface area (TPSA) is 237 Å². The maximum Gasteiger partial charge on any atom is 0.472 e. The molecule has 0 aromatic carbocycles. The number of aliphatic hydroxyl groups is 1. The van der Waals surface area contributed by atoms with E-state index >= 15 is 0 Å². The fourth-order valence-corrected chi connectivity index (χ4v) is 11.6. The van der Waals surface area contributed by atoms with Crippen LogP contribution in [0.2, 0.25) is 0 Å². The molecule has 3 N–H and O–H groups in total. The zero-order valence-electron chi connectivity index (χ0n) is 55.8. The number of carbonyl (C=O) groups excluding carboxylic acids is 4. The summed E-state index contributed by atoms with van der Waals surface area (Å²) < 4.78 is 68.1. The van der Waals surface area contributed by atoms with Crippen LogP contribution in [0.1, 0.15) is 331 Å². The molecule has 510 valence electrons. The lowest BCUT2D eigenvalue weighted by atomic mass is 10.00. The molecule has 17 nitrogen and oxygen atoms in total. The van der Waals surface area contributed by atoms with Crippen LogP contribution in [0.5, 0.6) is 0 Å². The van der Waals surface area contributed by atoms with Crippen LogP contribution in [0.25, 0.3) is 0 Å². The Hall–Kier alpha value is -1.94. The fraction of sp³-hybridized carbons (Fsp3) is 0.940. The molecule has 0 aromatic heterocycles. The fourth-order valence-electron chi connectivity index (χ4n) is 9.98. The van der Waals surface area contributed by atoms with Crippen LogP contribution >= 0.6 is 15.6 Å². The van der Waals surface area contributed by atoms with Gasteiger partial charge in [-0.05, 0) is 43.4 Å². The van der Waals surface area contributed by atoms with Crippen LogP contribution in [0, 0.1) is 17.8 Å². The summed E-state index contributed by atoms with van der Waals surface area (Å²) in [6, 6.07) is 0. The number of phosphoric ester groups is 2. The van der Waals surface area contributed by atoms with Gasteiger partial charge in [0.15, 0.2) is 12.2 Å². The summed E-state index contributed by atoms with van der Waals surface area (Å²) in [7, 11) is -9.89. The summed E-state index contributed by atoms with van der Waals surface area (Å²) in [6.07, 6.45) is 40.3. The van der Waals surface area contributed by atoms with Gasteiger partial charge < -0.3 is 33.8 Å². The Kier molecular flexibility index (Phi) is 56.9. The number of ether oxygens (including phenoxy) is 4. The van der Waals surface area contributed by atoms with Gasteiger partial charge in [0.25, 0.3) is 0 Å². The molecule has 6 atom stereocenters. The number of rotatable bonds is 65. The number of phosphoric acid groups is 2. The minimum Gasteiger partial charge on any atom is -0.462 e. The molecule has 0 bridgehead atoms. The first-order valence-corrected chi connectivity index (χ1v) is 37.9. The maximum absolute atomic E-state index is 13.0. The lowest BCUT2D eigenvalue weighted by Crippen LogP contribution is -2.30. The van der Waals surface area contributed by atoms with Crippen molar-refractivity contribution in [3.8, 4) is 0 Å². The first-order valence-electron chi connectivity index (χ1n) is 34.9. The normalized spacial score (nSPS) is 14.6. The molecule has 0 spiro atoms. The van der Waals surface area contributed by atoms with Crippen molar-refractivity contribution < 1.29 is 80.2 Å². The van der Waals surface area contributed by atoms with Crippen molar-refractivity contribution in [1.82, 2.24) is 0 Å². The summed E-state index contributed by atoms with van der Waals surface area (Å²) in [5.74, 6) is 0.0913. The van der Waals surface area contributed by atoms with Gasteiger partial charge in [0.2, 0.25) is 0 Å². The van der Waals surface area contributed by atoms with E-state index in [4.69, 9.17) is 37.0 Å². The van der Waals surface area contributed by atoms with E-state index in [-0.39, 0.29) is 25.7 Å². The van der Waals surface area contributed by atoms with E-state index in [9.17, 15) is 43.2 Å². The summed E-state index contributed by atoms with van der Waals surface area (Å²) in [4.78, 5) is 72.4. The van der Waals surface area contributed by atoms with E-state index in [1.807, 2.05) is 0 Å². The van der Waals surface area contributed by atoms with Gasteiger partial charge in [-0.15, -0.1) is 0 Å². The standard InChI is InChI=1S/C67H130O17P2/c1-8-10-11-12-13-14-16-20-27-36-43-50-66(71)84-63(55-78-65(70)49-42-35-30-29-33-40-47-60(7)9-2)57-82-86(75,76)80-53-61(68)52-79-85(73,74)81-56-62(54-77-64(69)48-41-34-26-23-22-25-32-39-46-59(5)6)83-67(72)51-44-37-28-21-18-15-17-19-24-31-38-45-58(3)4/h58-63,68H,8-57H2,1-7H3,(H,73,74)(H,75,76)/t60?,61-,62-,63-/m1/s1. The molecule has 0 fully saturated rings. The van der Waals surface area contributed by atoms with E-state index in [0.717, 1.165) is 114 Å². The second-order valence-electron chi connectivity index (χ2n) is 25.4. The predicted molar refractivity (Wildman–Crippen MR) is 344 cm³/mol. The van der Waals surface area contributed by atoms with Gasteiger partial charge in [-0.1, -0.05) is 280 Å². The number of hydrogen-bond acceptors (Lipinski definition) is 15. The minimum absolute atomic E-state index is 0.105. The second-order valence-corrected chi connectivity index (χ2v) is 28.3. The first-order chi connectivity index (χ1) is 41.3. The third-order valence-electron chi connectivity index (χ3n) is 15.7. The zero-order valence-corrected chi connectivity index (χ0v) is 57.6. The number of hydrogen-bond donors (Lipinski definition) is 3. The molecule has 3 unspecified atom stereocenters. The SMILES string of the molecule is CCCCCCCCCCCCCC(=O)O[C@H](COC(=O)CCCCCCCCC(C)CC)COP(=O)(O)OC[C@H](O)COP(=O)(O)OC[C@@H](COC(=O)CCCCCCCCCCC(C)C)OC(=O)CCCCCCCCCCCCCC(C)C. The van der Waals surface area contributed by atoms with E-state index < -0.39 is 97.5 Å². The van der Waals surface area contributed by atoms with Crippen LogP contribution in [0.3, 0.4) is 0 Å². The quantitative estimate of drug-likeness (QED) is 0.0222. The molecule has 0 rings (SSSR count). The highest BCUT2D eigenvalue weighted by Crippen LogP contribution is 2.45. The first kappa shape index (κ1) is 84.1. The summed E-state index contributed by atoms with van der Waals surface area (Å²) in [6.45, 7) is 11.7. The van der Waals surface area contributed by atoms with Crippen LogP contribution < -0.4 is 0 Å². The van der Waals surface area contributed by atoms with Gasteiger partial charge in [0.05, 0.1) is 26.4 Å². The Morgan fingerprint density at radius 2 is 0.593 bits per heavy atom. The molecule has 86 heavy (non-hydrogen) atoms. The Balaban J connectivity index is 5.26. The third kappa shape index (κ3) is 59.7. The minimum atomic E-state index is -4.95. The van der Waals surface area contributed by atoms with Crippen LogP contribution in [-0.2, 0) is 65.4 Å². The summed E-state index contributed by atoms with van der Waals surface area (Å²) in [5.41, 5.74) is 0. The van der Waals surface area contributed by atoms with Crippen LogP contribution in [-0.4, -0.2) is 96.7 Å². The molecule has 0 saturated heterocycles. The van der Waals surface area contributed by atoms with E-state index in [1.54, 1.807) is 0 Å². The van der Waals surface area contributed by atoms with E-state index in [2.05, 4.69) is 48.5 Å². The lowest BCUT2D eigenvalue weighted by Gasteiger charge is -2.21. The summed E-state index contributed by atoms with van der Waals surface area (Å²) in [5, 5.41) is 10.6. The molecule has 0 aliphatic carbocycles. The smallest absolute Gasteiger partial charge is 0.462 e. The molecule has 0 saturated carbocycles. The van der Waals surface area contributed by atoms with Gasteiger partial charge in [-0.2, -0.15) is 0 Å². The van der Waals surface area contributed by atoms with Crippen molar-refractivity contribution in [3.63, 3.8) is 0 Å². The Morgan fingerprint density at radius 1 is 0.337 bits per heavy atom. The molecule has 0 aliphatic rings. The molecular formula is C67H130O17P2. The van der Waals surface area contributed by atoms with Crippen molar-refractivity contribution in [2.45, 2.75) is 349 Å².